The van der Waals surface area contributed by atoms with Gasteiger partial charge in [0, 0.05) is 11.1 Å². The van der Waals surface area contributed by atoms with Crippen molar-refractivity contribution in [3.63, 3.8) is 0 Å². The lowest BCUT2D eigenvalue weighted by Crippen LogP contribution is -2.28. The summed E-state index contributed by atoms with van der Waals surface area (Å²) >= 11 is 5.79. The number of terminal acetylenes is 1. The summed E-state index contributed by atoms with van der Waals surface area (Å²) in [6.45, 7) is -0.255. The van der Waals surface area contributed by atoms with E-state index >= 15 is 0 Å². The molecule has 5 heteroatoms. The van der Waals surface area contributed by atoms with Crippen LogP contribution in [0.2, 0.25) is 5.02 Å². The molecule has 0 spiro atoms. The zero-order valence-electron chi connectivity index (χ0n) is 10.1. The molecule has 19 heavy (non-hydrogen) atoms. The summed E-state index contributed by atoms with van der Waals surface area (Å²) in [5.74, 6) is 1.18. The molecule has 0 heterocycles. The van der Waals surface area contributed by atoms with Crippen molar-refractivity contribution < 1.29 is 14.3 Å². The van der Waals surface area contributed by atoms with Crippen LogP contribution in [0.15, 0.2) is 30.3 Å². The molecule has 0 atom stereocenters. The van der Waals surface area contributed by atoms with Crippen LogP contribution in [0.5, 0.6) is 0 Å². The molecule has 4 nitrogen and oxygen atoms in total. The van der Waals surface area contributed by atoms with Gasteiger partial charge in [0.1, 0.15) is 0 Å². The standard InChI is InChI=1S/C14H12ClNO3/c1-2-8-16-13(17)10-19-14(18)7-6-11-4-3-5-12(15)9-11/h1,3-7,9H,8,10H2,(H,16,17)/b7-6+. The molecule has 0 unspecified atom stereocenters. The second kappa shape index (κ2) is 7.96. The van der Waals surface area contributed by atoms with Gasteiger partial charge in [-0.1, -0.05) is 29.7 Å². The third kappa shape index (κ3) is 6.29. The second-order valence-corrected chi connectivity index (χ2v) is 3.91. The topological polar surface area (TPSA) is 55.4 Å². The molecule has 1 aromatic rings. The third-order valence-corrected chi connectivity index (χ3v) is 2.23. The Bertz CT molecular complexity index is 532. The molecule has 0 radical (unpaired) electrons. The Morgan fingerprint density at radius 2 is 2.26 bits per heavy atom. The third-order valence-electron chi connectivity index (χ3n) is 1.99. The van der Waals surface area contributed by atoms with Gasteiger partial charge in [-0.25, -0.2) is 4.79 Å². The fourth-order valence-corrected chi connectivity index (χ4v) is 1.36. The minimum Gasteiger partial charge on any atom is -0.452 e. The van der Waals surface area contributed by atoms with Gasteiger partial charge in [-0.15, -0.1) is 6.42 Å². The van der Waals surface area contributed by atoms with Crippen LogP contribution in [-0.2, 0) is 14.3 Å². The van der Waals surface area contributed by atoms with Crippen LogP contribution in [0.1, 0.15) is 5.56 Å². The average molecular weight is 278 g/mol. The van der Waals surface area contributed by atoms with Crippen molar-refractivity contribution >= 4 is 29.6 Å². The zero-order chi connectivity index (χ0) is 14.1. The second-order valence-electron chi connectivity index (χ2n) is 3.48. The van der Waals surface area contributed by atoms with Crippen LogP contribution in [0, 0.1) is 12.3 Å². The van der Waals surface area contributed by atoms with E-state index in [1.54, 1.807) is 30.3 Å². The number of hydrogen-bond acceptors (Lipinski definition) is 3. The first kappa shape index (κ1) is 14.8. The SMILES string of the molecule is C#CCNC(=O)COC(=O)/C=C/c1cccc(Cl)c1. The molecule has 0 saturated carbocycles. The van der Waals surface area contributed by atoms with Crippen molar-refractivity contribution in [3.05, 3.63) is 40.9 Å². The fraction of sp³-hybridized carbons (Fsp3) is 0.143. The molecule has 0 aliphatic carbocycles. The summed E-state index contributed by atoms with van der Waals surface area (Å²) < 4.78 is 4.71. The van der Waals surface area contributed by atoms with Crippen molar-refractivity contribution in [2.75, 3.05) is 13.2 Å². The van der Waals surface area contributed by atoms with Crippen LogP contribution >= 0.6 is 11.6 Å². The number of hydrogen-bond donors (Lipinski definition) is 1. The van der Waals surface area contributed by atoms with E-state index in [1.807, 2.05) is 0 Å². The lowest BCUT2D eigenvalue weighted by Gasteiger charge is -2.01. The fourth-order valence-electron chi connectivity index (χ4n) is 1.16. The average Bonchev–Trinajstić information content (AvgIpc) is 2.40. The zero-order valence-corrected chi connectivity index (χ0v) is 10.8. The van der Waals surface area contributed by atoms with E-state index in [4.69, 9.17) is 22.8 Å². The van der Waals surface area contributed by atoms with E-state index in [0.717, 1.165) is 5.56 Å². The molecule has 1 rings (SSSR count). The highest BCUT2D eigenvalue weighted by Crippen LogP contribution is 2.11. The number of nitrogens with one attached hydrogen (secondary N) is 1. The summed E-state index contributed by atoms with van der Waals surface area (Å²) in [4.78, 5) is 22.4. The van der Waals surface area contributed by atoms with Crippen molar-refractivity contribution in [1.82, 2.24) is 5.32 Å². The highest BCUT2D eigenvalue weighted by Gasteiger charge is 2.03. The normalized spacial score (nSPS) is 9.89. The van der Waals surface area contributed by atoms with Gasteiger partial charge in [0.15, 0.2) is 6.61 Å². The Balaban J connectivity index is 2.39. The Kier molecular flexibility index (Phi) is 6.20. The number of esters is 1. The molecule has 1 N–H and O–H groups in total. The number of carbonyl (C=O) groups is 2. The van der Waals surface area contributed by atoms with Gasteiger partial charge in [-0.2, -0.15) is 0 Å². The maximum atomic E-state index is 11.3. The summed E-state index contributed by atoms with van der Waals surface area (Å²) in [7, 11) is 0. The molecular weight excluding hydrogens is 266 g/mol. The summed E-state index contributed by atoms with van der Waals surface area (Å²) in [6, 6.07) is 6.98. The van der Waals surface area contributed by atoms with Crippen molar-refractivity contribution in [2.24, 2.45) is 0 Å². The Morgan fingerprint density at radius 3 is 2.95 bits per heavy atom. The molecule has 0 aliphatic rings. The minimum absolute atomic E-state index is 0.106. The number of halogens is 1. The van der Waals surface area contributed by atoms with Crippen LogP contribution in [0.3, 0.4) is 0 Å². The molecule has 0 bridgehead atoms. The summed E-state index contributed by atoms with van der Waals surface area (Å²) in [6.07, 6.45) is 7.73. The highest BCUT2D eigenvalue weighted by molar-refractivity contribution is 6.30. The van der Waals surface area contributed by atoms with Gasteiger partial charge in [0.25, 0.3) is 5.91 Å². The number of ether oxygens (including phenoxy) is 1. The number of benzene rings is 1. The Morgan fingerprint density at radius 1 is 1.47 bits per heavy atom. The van der Waals surface area contributed by atoms with E-state index in [1.165, 1.54) is 6.08 Å². The Hall–Kier alpha value is -2.25. The minimum atomic E-state index is -0.615. The largest absolute Gasteiger partial charge is 0.452 e. The van der Waals surface area contributed by atoms with E-state index in [0.29, 0.717) is 5.02 Å². The molecule has 0 fully saturated rings. The van der Waals surface area contributed by atoms with E-state index < -0.39 is 11.9 Å². The quantitative estimate of drug-likeness (QED) is 0.506. The Labute approximate surface area is 116 Å². The maximum Gasteiger partial charge on any atom is 0.331 e. The molecular formula is C14H12ClNO3. The molecule has 1 amide bonds. The summed E-state index contributed by atoms with van der Waals surface area (Å²) in [5, 5.41) is 2.95. The number of amides is 1. The molecule has 98 valence electrons. The molecule has 0 aliphatic heterocycles. The lowest BCUT2D eigenvalue weighted by atomic mass is 10.2. The molecule has 1 aromatic carbocycles. The predicted molar refractivity (Wildman–Crippen MR) is 73.3 cm³/mol. The predicted octanol–water partition coefficient (Wildman–Crippen LogP) is 1.65. The molecule has 0 saturated heterocycles. The van der Waals surface area contributed by atoms with Crippen LogP contribution in [0.25, 0.3) is 6.08 Å². The number of rotatable bonds is 5. The van der Waals surface area contributed by atoms with Gasteiger partial charge < -0.3 is 10.1 Å². The van der Waals surface area contributed by atoms with Crippen molar-refractivity contribution in [1.29, 1.82) is 0 Å². The van der Waals surface area contributed by atoms with E-state index in [2.05, 4.69) is 11.2 Å². The first-order chi connectivity index (χ1) is 9.11. The van der Waals surface area contributed by atoms with Gasteiger partial charge in [0.2, 0.25) is 0 Å². The van der Waals surface area contributed by atoms with Crippen LogP contribution < -0.4 is 5.32 Å². The van der Waals surface area contributed by atoms with Gasteiger partial charge >= 0.3 is 5.97 Å². The maximum absolute atomic E-state index is 11.3. The van der Waals surface area contributed by atoms with Gasteiger partial charge in [0.05, 0.1) is 6.54 Å². The first-order valence-electron chi connectivity index (χ1n) is 5.42. The smallest absolute Gasteiger partial charge is 0.331 e. The monoisotopic (exact) mass is 277 g/mol. The van der Waals surface area contributed by atoms with Crippen molar-refractivity contribution in [3.8, 4) is 12.3 Å². The van der Waals surface area contributed by atoms with E-state index in [9.17, 15) is 9.59 Å². The van der Waals surface area contributed by atoms with Gasteiger partial charge in [-0.3, -0.25) is 4.79 Å². The van der Waals surface area contributed by atoms with Gasteiger partial charge in [-0.05, 0) is 23.8 Å². The van der Waals surface area contributed by atoms with Crippen molar-refractivity contribution in [2.45, 2.75) is 0 Å². The molecule has 0 aromatic heterocycles. The summed E-state index contributed by atoms with van der Waals surface area (Å²) in [5.41, 5.74) is 0.765. The lowest BCUT2D eigenvalue weighted by molar-refractivity contribution is -0.143. The highest BCUT2D eigenvalue weighted by atomic mass is 35.5. The van der Waals surface area contributed by atoms with Crippen LogP contribution in [-0.4, -0.2) is 25.0 Å². The first-order valence-corrected chi connectivity index (χ1v) is 5.80. The number of carbonyl (C=O) groups excluding carboxylic acids is 2. The van der Waals surface area contributed by atoms with E-state index in [-0.39, 0.29) is 13.2 Å². The van der Waals surface area contributed by atoms with Crippen LogP contribution in [0.4, 0.5) is 0 Å².